The van der Waals surface area contributed by atoms with Gasteiger partial charge in [-0.25, -0.2) is 0 Å². The summed E-state index contributed by atoms with van der Waals surface area (Å²) in [6.45, 7) is 2.63. The fourth-order valence-electron chi connectivity index (χ4n) is 3.62. The lowest BCUT2D eigenvalue weighted by Gasteiger charge is -2.36. The van der Waals surface area contributed by atoms with Crippen molar-refractivity contribution in [2.45, 2.75) is 25.8 Å². The number of carbonyl (C=O) groups is 4. The lowest BCUT2D eigenvalue weighted by atomic mass is 10.1. The van der Waals surface area contributed by atoms with Crippen molar-refractivity contribution >= 4 is 23.9 Å². The summed E-state index contributed by atoms with van der Waals surface area (Å²) in [5, 5.41) is 42.9. The fourth-order valence-corrected chi connectivity index (χ4v) is 3.62. The Hall–Kier alpha value is -2.28. The van der Waals surface area contributed by atoms with E-state index in [4.69, 9.17) is 0 Å². The third kappa shape index (κ3) is 11.1. The average molecular weight is 443 g/mol. The van der Waals surface area contributed by atoms with E-state index >= 15 is 0 Å². The molecule has 0 spiro atoms. The predicted octanol–water partition coefficient (Wildman–Crippen LogP) is -5.29. The highest BCUT2D eigenvalue weighted by molar-refractivity contribution is 5.73. The molecule has 12 nitrogen and oxygen atoms in total. The standard InChI is InChI=1S/C19H34N4O8/c1-2-3-15(19(30)31)23-10-8-21(13-17(26)27)6-4-20(12-16(24)25)5-7-22(9-11-23)14-18(28)29/h15H,2-14H2,1H3,(H,24,25)(H,26,27)(H,28,29)(H,30,31)/p-3. The van der Waals surface area contributed by atoms with Gasteiger partial charge in [-0.3, -0.25) is 24.4 Å². The Labute approximate surface area is 181 Å². The summed E-state index contributed by atoms with van der Waals surface area (Å²) >= 11 is 0. The van der Waals surface area contributed by atoms with Crippen LogP contribution < -0.4 is 15.3 Å². The second kappa shape index (κ2) is 13.9. The molecule has 0 saturated carbocycles. The zero-order chi connectivity index (χ0) is 23.4. The third-order valence-electron chi connectivity index (χ3n) is 5.22. The first-order chi connectivity index (χ1) is 14.6. The Bertz CT molecular complexity index is 586. The van der Waals surface area contributed by atoms with Crippen molar-refractivity contribution in [3.05, 3.63) is 0 Å². The van der Waals surface area contributed by atoms with Gasteiger partial charge in [0.05, 0.1) is 17.9 Å². The maximum Gasteiger partial charge on any atom is 0.320 e. The van der Waals surface area contributed by atoms with Crippen molar-refractivity contribution in [3.63, 3.8) is 0 Å². The zero-order valence-electron chi connectivity index (χ0n) is 17.9. The molecule has 0 bridgehead atoms. The van der Waals surface area contributed by atoms with Gasteiger partial charge in [-0.1, -0.05) is 13.3 Å². The molecule has 0 radical (unpaired) electrons. The Morgan fingerprint density at radius 3 is 1.29 bits per heavy atom. The number of aliphatic carboxylic acids is 4. The molecule has 178 valence electrons. The van der Waals surface area contributed by atoms with Crippen LogP contribution in [0, 0.1) is 0 Å². The molecule has 1 fully saturated rings. The Kier molecular flexibility index (Phi) is 12.0. The summed E-state index contributed by atoms with van der Waals surface area (Å²) in [6, 6.07) is -0.780. The second-order valence-corrected chi connectivity index (χ2v) is 7.62. The molecule has 1 heterocycles. The number of hydrogen-bond acceptors (Lipinski definition) is 11. The molecule has 0 aliphatic carbocycles. The third-order valence-corrected chi connectivity index (χ3v) is 5.22. The maximum atomic E-state index is 11.8. The van der Waals surface area contributed by atoms with E-state index in [0.29, 0.717) is 12.8 Å². The number of hydrogen-bond donors (Lipinski definition) is 1. The fraction of sp³-hybridized carbons (Fsp3) is 0.789. The van der Waals surface area contributed by atoms with E-state index in [0.717, 1.165) is 0 Å². The van der Waals surface area contributed by atoms with E-state index in [2.05, 4.69) is 0 Å². The smallest absolute Gasteiger partial charge is 0.320 e. The molecule has 31 heavy (non-hydrogen) atoms. The first-order valence-electron chi connectivity index (χ1n) is 10.4. The van der Waals surface area contributed by atoms with Gasteiger partial charge in [-0.05, 0) is 6.42 Å². The molecule has 1 aliphatic rings. The Morgan fingerprint density at radius 2 is 1.03 bits per heavy atom. The van der Waals surface area contributed by atoms with Gasteiger partial charge in [-0.2, -0.15) is 0 Å². The van der Waals surface area contributed by atoms with Gasteiger partial charge in [0.2, 0.25) is 0 Å². The topological polar surface area (TPSA) is 171 Å². The van der Waals surface area contributed by atoms with Crippen molar-refractivity contribution in [3.8, 4) is 0 Å². The first kappa shape index (κ1) is 26.8. The minimum Gasteiger partial charge on any atom is -0.549 e. The molecular weight excluding hydrogens is 412 g/mol. The number of carboxylic acid groups (broad SMARTS) is 4. The summed E-state index contributed by atoms with van der Waals surface area (Å²) in [5.41, 5.74) is 0. The van der Waals surface area contributed by atoms with E-state index in [9.17, 15) is 39.6 Å². The van der Waals surface area contributed by atoms with Crippen LogP contribution >= 0.6 is 0 Å². The van der Waals surface area contributed by atoms with Crippen LogP contribution in [0.25, 0.3) is 0 Å². The van der Waals surface area contributed by atoms with Crippen molar-refractivity contribution in [2.75, 3.05) is 72.0 Å². The van der Waals surface area contributed by atoms with Crippen molar-refractivity contribution in [1.82, 2.24) is 19.6 Å². The quantitative estimate of drug-likeness (QED) is 0.340. The van der Waals surface area contributed by atoms with Crippen molar-refractivity contribution in [1.29, 1.82) is 0 Å². The molecule has 0 amide bonds. The molecule has 12 heteroatoms. The van der Waals surface area contributed by atoms with Crippen LogP contribution in [0.15, 0.2) is 0 Å². The van der Waals surface area contributed by atoms with Gasteiger partial charge >= 0.3 is 5.97 Å². The van der Waals surface area contributed by atoms with Crippen LogP contribution in [0.1, 0.15) is 19.8 Å². The summed E-state index contributed by atoms with van der Waals surface area (Å²) in [6.07, 6.45) is 1.03. The second-order valence-electron chi connectivity index (χ2n) is 7.62. The van der Waals surface area contributed by atoms with Gasteiger partial charge < -0.3 is 34.8 Å². The highest BCUT2D eigenvalue weighted by atomic mass is 16.4. The molecule has 0 aromatic carbocycles. The molecule has 1 rings (SSSR count). The number of carboxylic acids is 4. The Morgan fingerprint density at radius 1 is 0.710 bits per heavy atom. The monoisotopic (exact) mass is 443 g/mol. The van der Waals surface area contributed by atoms with E-state index < -0.39 is 29.9 Å². The van der Waals surface area contributed by atoms with Crippen LogP contribution in [0.5, 0.6) is 0 Å². The zero-order valence-corrected chi connectivity index (χ0v) is 17.9. The van der Waals surface area contributed by atoms with E-state index in [1.165, 1.54) is 0 Å². The number of rotatable bonds is 10. The molecule has 1 aliphatic heterocycles. The van der Waals surface area contributed by atoms with Gasteiger partial charge in [-0.15, -0.1) is 0 Å². The van der Waals surface area contributed by atoms with Crippen LogP contribution in [0.4, 0.5) is 0 Å². The van der Waals surface area contributed by atoms with Crippen LogP contribution in [0.2, 0.25) is 0 Å². The van der Waals surface area contributed by atoms with Gasteiger partial charge in [0.15, 0.2) is 0 Å². The van der Waals surface area contributed by atoms with Gasteiger partial charge in [0.25, 0.3) is 0 Å². The molecule has 0 aromatic rings. The largest absolute Gasteiger partial charge is 0.549 e. The number of carbonyl (C=O) groups excluding carboxylic acids is 3. The summed E-state index contributed by atoms with van der Waals surface area (Å²) in [7, 11) is 0. The lowest BCUT2D eigenvalue weighted by molar-refractivity contribution is -0.308. The van der Waals surface area contributed by atoms with Crippen LogP contribution in [-0.2, 0) is 19.2 Å². The lowest BCUT2D eigenvalue weighted by Crippen LogP contribution is -2.53. The van der Waals surface area contributed by atoms with Crippen LogP contribution in [-0.4, -0.2) is 127 Å². The molecule has 0 aromatic heterocycles. The normalized spacial score (nSPS) is 19.8. The molecule has 1 N–H and O–H groups in total. The SMILES string of the molecule is CCCC(C(=O)O)N1CCN(CC(=O)[O-])CCN(CC(=O)[O-])CCN(CC(=O)[O-])CC1. The molecule has 1 saturated heterocycles. The summed E-state index contributed by atoms with van der Waals surface area (Å²) in [4.78, 5) is 51.5. The molecular formula is C19H31N4O8-3. The maximum absolute atomic E-state index is 11.8. The van der Waals surface area contributed by atoms with Crippen molar-refractivity contribution < 1.29 is 39.6 Å². The van der Waals surface area contributed by atoms with E-state index in [-0.39, 0.29) is 72.0 Å². The minimum absolute atomic E-state index is 0.220. The van der Waals surface area contributed by atoms with Gasteiger partial charge in [0.1, 0.15) is 6.04 Å². The van der Waals surface area contributed by atoms with Gasteiger partial charge in [0, 0.05) is 72.0 Å². The molecule has 1 unspecified atom stereocenters. The highest BCUT2D eigenvalue weighted by Gasteiger charge is 2.26. The summed E-state index contributed by atoms with van der Waals surface area (Å²) < 4.78 is 0. The Balaban J connectivity index is 3.06. The van der Waals surface area contributed by atoms with Crippen molar-refractivity contribution in [2.24, 2.45) is 0 Å². The van der Waals surface area contributed by atoms with E-state index in [1.807, 2.05) is 6.92 Å². The van der Waals surface area contributed by atoms with E-state index in [1.54, 1.807) is 19.6 Å². The first-order valence-corrected chi connectivity index (χ1v) is 10.4. The summed E-state index contributed by atoms with van der Waals surface area (Å²) in [5.74, 6) is -4.85. The van der Waals surface area contributed by atoms with Crippen LogP contribution in [0.3, 0.4) is 0 Å². The highest BCUT2D eigenvalue weighted by Crippen LogP contribution is 2.10. The number of nitrogens with zero attached hydrogens (tertiary/aromatic N) is 4. The average Bonchev–Trinajstić information content (AvgIpc) is 2.65. The minimum atomic E-state index is -1.29. The molecule has 1 atom stereocenters. The predicted molar refractivity (Wildman–Crippen MR) is 102 cm³/mol.